The van der Waals surface area contributed by atoms with Crippen LogP contribution in [0, 0.1) is 0 Å². The first-order valence-corrected chi connectivity index (χ1v) is 7.98. The van der Waals surface area contributed by atoms with Crippen LogP contribution < -0.4 is 10.6 Å². The predicted molar refractivity (Wildman–Crippen MR) is 72.4 cm³/mol. The van der Waals surface area contributed by atoms with Crippen molar-refractivity contribution >= 4 is 32.2 Å². The lowest BCUT2D eigenvalue weighted by atomic mass is 10.2. The third-order valence-corrected chi connectivity index (χ3v) is 5.79. The monoisotopic (exact) mass is 277 g/mol. The zero-order valence-electron chi connectivity index (χ0n) is 10.6. The van der Waals surface area contributed by atoms with Crippen LogP contribution in [0.15, 0.2) is 4.90 Å². The number of nitrogens with two attached hydrogens (primary N) is 1. The fourth-order valence-corrected chi connectivity index (χ4v) is 3.81. The van der Waals surface area contributed by atoms with Gasteiger partial charge in [-0.1, -0.05) is 13.8 Å². The highest BCUT2D eigenvalue weighted by atomic mass is 32.2. The number of nitrogens with zero attached hydrogens (tertiary/aromatic N) is 2. The zero-order valence-corrected chi connectivity index (χ0v) is 12.2. The molecule has 0 amide bonds. The van der Waals surface area contributed by atoms with E-state index < -0.39 is 9.84 Å². The molecular weight excluding hydrogens is 258 g/mol. The SMILES string of the molecule is CCC(C)N(C)c1snc(N)c1S(=O)(=O)CC. The summed E-state index contributed by atoms with van der Waals surface area (Å²) in [4.78, 5) is 2.11. The molecule has 98 valence electrons. The van der Waals surface area contributed by atoms with Gasteiger partial charge in [-0.15, -0.1) is 0 Å². The molecule has 1 aromatic heterocycles. The molecule has 7 heteroatoms. The van der Waals surface area contributed by atoms with Gasteiger partial charge in [0.1, 0.15) is 9.90 Å². The number of nitrogen functional groups attached to an aromatic ring is 1. The molecule has 0 radical (unpaired) electrons. The Bertz CT molecular complexity index is 482. The van der Waals surface area contributed by atoms with E-state index in [0.717, 1.165) is 18.0 Å². The number of hydrogen-bond donors (Lipinski definition) is 1. The van der Waals surface area contributed by atoms with E-state index in [1.165, 1.54) is 0 Å². The quantitative estimate of drug-likeness (QED) is 0.887. The molecule has 17 heavy (non-hydrogen) atoms. The molecule has 0 bridgehead atoms. The highest BCUT2D eigenvalue weighted by Gasteiger charge is 2.27. The average molecular weight is 277 g/mol. The van der Waals surface area contributed by atoms with Gasteiger partial charge in [0, 0.05) is 13.1 Å². The molecule has 0 saturated heterocycles. The Hall–Kier alpha value is -0.820. The minimum Gasteiger partial charge on any atom is -0.382 e. The number of anilines is 2. The first kappa shape index (κ1) is 14.2. The van der Waals surface area contributed by atoms with Crippen molar-refractivity contribution in [3.05, 3.63) is 0 Å². The third-order valence-electron chi connectivity index (χ3n) is 2.92. The van der Waals surface area contributed by atoms with Gasteiger partial charge in [0.25, 0.3) is 0 Å². The number of aromatic nitrogens is 1. The molecule has 0 saturated carbocycles. The summed E-state index contributed by atoms with van der Waals surface area (Å²) in [5.41, 5.74) is 5.68. The van der Waals surface area contributed by atoms with E-state index in [1.807, 2.05) is 18.9 Å². The maximum Gasteiger partial charge on any atom is 0.184 e. The van der Waals surface area contributed by atoms with E-state index in [0.29, 0.717) is 5.00 Å². The van der Waals surface area contributed by atoms with Crippen molar-refractivity contribution in [1.82, 2.24) is 4.37 Å². The Morgan fingerprint density at radius 3 is 2.53 bits per heavy atom. The van der Waals surface area contributed by atoms with Gasteiger partial charge in [-0.2, -0.15) is 4.37 Å². The first-order valence-electron chi connectivity index (χ1n) is 5.55. The Kier molecular flexibility index (Phi) is 4.37. The maximum atomic E-state index is 12.0. The summed E-state index contributed by atoms with van der Waals surface area (Å²) in [6.45, 7) is 5.71. The van der Waals surface area contributed by atoms with Crippen LogP contribution >= 0.6 is 11.5 Å². The minimum atomic E-state index is -3.32. The van der Waals surface area contributed by atoms with Crippen LogP contribution in [-0.2, 0) is 9.84 Å². The van der Waals surface area contributed by atoms with Gasteiger partial charge in [-0.3, -0.25) is 0 Å². The highest BCUT2D eigenvalue weighted by molar-refractivity contribution is 7.91. The summed E-state index contributed by atoms with van der Waals surface area (Å²) in [7, 11) is -1.45. The van der Waals surface area contributed by atoms with Gasteiger partial charge >= 0.3 is 0 Å². The summed E-state index contributed by atoms with van der Waals surface area (Å²) in [6.07, 6.45) is 0.930. The van der Waals surface area contributed by atoms with Gasteiger partial charge in [0.2, 0.25) is 0 Å². The summed E-state index contributed by atoms with van der Waals surface area (Å²) in [5.74, 6) is 0.152. The molecule has 0 aliphatic carbocycles. The second-order valence-corrected chi connectivity index (χ2v) is 6.94. The van der Waals surface area contributed by atoms with Crippen LogP contribution in [0.3, 0.4) is 0 Å². The van der Waals surface area contributed by atoms with E-state index in [-0.39, 0.29) is 22.5 Å². The van der Waals surface area contributed by atoms with Crippen LogP contribution in [0.25, 0.3) is 0 Å². The number of hydrogen-bond acceptors (Lipinski definition) is 6. The average Bonchev–Trinajstić information content (AvgIpc) is 2.69. The molecule has 0 aromatic carbocycles. The summed E-state index contributed by atoms with van der Waals surface area (Å²) < 4.78 is 27.9. The topological polar surface area (TPSA) is 76.3 Å². The van der Waals surface area contributed by atoms with E-state index in [2.05, 4.69) is 11.3 Å². The first-order chi connectivity index (χ1) is 7.85. The number of sulfone groups is 1. The second kappa shape index (κ2) is 5.22. The van der Waals surface area contributed by atoms with Crippen molar-refractivity contribution in [1.29, 1.82) is 0 Å². The van der Waals surface area contributed by atoms with Crippen LogP contribution in [0.5, 0.6) is 0 Å². The molecule has 1 heterocycles. The van der Waals surface area contributed by atoms with Gasteiger partial charge in [0.15, 0.2) is 15.7 Å². The van der Waals surface area contributed by atoms with Crippen LogP contribution in [0.1, 0.15) is 27.2 Å². The lowest BCUT2D eigenvalue weighted by Crippen LogP contribution is -2.28. The minimum absolute atomic E-state index is 0.0387. The maximum absolute atomic E-state index is 12.0. The predicted octanol–water partition coefficient (Wildman–Crippen LogP) is 1.75. The Labute approximate surface area is 107 Å². The van der Waals surface area contributed by atoms with Crippen LogP contribution in [0.4, 0.5) is 10.8 Å². The molecule has 0 spiro atoms. The summed E-state index contributed by atoms with van der Waals surface area (Å²) >= 11 is 1.14. The lowest BCUT2D eigenvalue weighted by Gasteiger charge is -2.24. The molecule has 0 aliphatic rings. The lowest BCUT2D eigenvalue weighted by molar-refractivity contribution is 0.596. The molecule has 0 aliphatic heterocycles. The van der Waals surface area contributed by atoms with E-state index in [9.17, 15) is 8.42 Å². The third kappa shape index (κ3) is 2.71. The Morgan fingerprint density at radius 1 is 1.47 bits per heavy atom. The molecular formula is C10H19N3O2S2. The molecule has 1 atom stereocenters. The Morgan fingerprint density at radius 2 is 2.06 bits per heavy atom. The standard InChI is InChI=1S/C10H19N3O2S2/c1-5-7(3)13(4)10-8(9(11)12-16-10)17(14,15)6-2/h7H,5-6H2,1-4H3,(H2,11,12). The largest absolute Gasteiger partial charge is 0.382 e. The fraction of sp³-hybridized carbons (Fsp3) is 0.700. The van der Waals surface area contributed by atoms with Crippen molar-refractivity contribution in [2.45, 2.75) is 38.1 Å². The van der Waals surface area contributed by atoms with Gasteiger partial charge in [0.05, 0.1) is 5.75 Å². The van der Waals surface area contributed by atoms with Crippen LogP contribution in [0.2, 0.25) is 0 Å². The van der Waals surface area contributed by atoms with E-state index in [1.54, 1.807) is 6.92 Å². The molecule has 0 fully saturated rings. The Balaban J connectivity index is 3.29. The second-order valence-electron chi connectivity index (χ2n) is 3.97. The fourth-order valence-electron chi connectivity index (χ4n) is 1.42. The van der Waals surface area contributed by atoms with Crippen molar-refractivity contribution in [3.63, 3.8) is 0 Å². The van der Waals surface area contributed by atoms with Gasteiger partial charge < -0.3 is 10.6 Å². The van der Waals surface area contributed by atoms with E-state index in [4.69, 9.17) is 5.73 Å². The molecule has 1 unspecified atom stereocenters. The van der Waals surface area contributed by atoms with Crippen molar-refractivity contribution in [2.24, 2.45) is 0 Å². The van der Waals surface area contributed by atoms with Crippen molar-refractivity contribution in [2.75, 3.05) is 23.4 Å². The molecule has 1 rings (SSSR count). The summed E-state index contributed by atoms with van der Waals surface area (Å²) in [5, 5.41) is 0.638. The number of rotatable bonds is 5. The highest BCUT2D eigenvalue weighted by Crippen LogP contribution is 2.35. The molecule has 2 N–H and O–H groups in total. The smallest absolute Gasteiger partial charge is 0.184 e. The van der Waals surface area contributed by atoms with Gasteiger partial charge in [-0.25, -0.2) is 8.42 Å². The summed E-state index contributed by atoms with van der Waals surface area (Å²) in [6, 6.07) is 0.251. The normalized spacial score (nSPS) is 13.6. The molecule has 1 aromatic rings. The van der Waals surface area contributed by atoms with Crippen molar-refractivity contribution < 1.29 is 8.42 Å². The van der Waals surface area contributed by atoms with Crippen LogP contribution in [-0.4, -0.2) is 31.6 Å². The molecule has 5 nitrogen and oxygen atoms in total. The van der Waals surface area contributed by atoms with Crippen molar-refractivity contribution in [3.8, 4) is 0 Å². The van der Waals surface area contributed by atoms with Gasteiger partial charge in [-0.05, 0) is 24.9 Å². The zero-order chi connectivity index (χ0) is 13.2. The van der Waals surface area contributed by atoms with E-state index >= 15 is 0 Å².